The Labute approximate surface area is 141 Å². The number of aromatic nitrogens is 3. The lowest BCUT2D eigenvalue weighted by molar-refractivity contribution is -0.00697. The molecule has 0 bridgehead atoms. The quantitative estimate of drug-likeness (QED) is 0.894. The molecule has 0 unspecified atom stereocenters. The highest BCUT2D eigenvalue weighted by Gasteiger charge is 2.29. The summed E-state index contributed by atoms with van der Waals surface area (Å²) in [4.78, 5) is 18.9. The number of hydrogen-bond donors (Lipinski definition) is 2. The fourth-order valence-corrected chi connectivity index (χ4v) is 3.09. The molecule has 2 aromatic rings. The van der Waals surface area contributed by atoms with Gasteiger partial charge >= 0.3 is 0 Å². The summed E-state index contributed by atoms with van der Waals surface area (Å²) >= 11 is 0. The molecule has 24 heavy (non-hydrogen) atoms. The van der Waals surface area contributed by atoms with E-state index < -0.39 is 0 Å². The second-order valence-corrected chi connectivity index (χ2v) is 6.32. The fourth-order valence-electron chi connectivity index (χ4n) is 3.09. The van der Waals surface area contributed by atoms with E-state index in [1.807, 2.05) is 45.0 Å². The van der Waals surface area contributed by atoms with Gasteiger partial charge in [0.25, 0.3) is 5.91 Å². The number of H-pyrrole nitrogens is 1. The van der Waals surface area contributed by atoms with E-state index >= 15 is 0 Å². The molecule has 0 fully saturated rings. The first-order valence-corrected chi connectivity index (χ1v) is 8.09. The van der Waals surface area contributed by atoms with Crippen molar-refractivity contribution in [2.75, 3.05) is 19.0 Å². The molecule has 0 aliphatic carbocycles. The van der Waals surface area contributed by atoms with Crippen LogP contribution in [0.15, 0.2) is 18.3 Å². The Kier molecular flexibility index (Phi) is 4.53. The monoisotopic (exact) mass is 329 g/mol. The van der Waals surface area contributed by atoms with Crippen LogP contribution in [-0.4, -0.2) is 41.3 Å². The molecule has 1 amide bonds. The number of carbonyl (C=O) groups is 1. The Morgan fingerprint density at radius 2 is 2.25 bits per heavy atom. The Morgan fingerprint density at radius 3 is 3.00 bits per heavy atom. The first kappa shape index (κ1) is 16.4. The van der Waals surface area contributed by atoms with Gasteiger partial charge in [-0.3, -0.25) is 9.89 Å². The van der Waals surface area contributed by atoms with E-state index in [4.69, 9.17) is 4.74 Å². The molecule has 0 aromatic carbocycles. The van der Waals surface area contributed by atoms with Gasteiger partial charge in [0.05, 0.1) is 17.9 Å². The summed E-state index contributed by atoms with van der Waals surface area (Å²) < 4.78 is 5.76. The van der Waals surface area contributed by atoms with Gasteiger partial charge in [-0.2, -0.15) is 5.10 Å². The van der Waals surface area contributed by atoms with E-state index in [0.29, 0.717) is 18.7 Å². The number of nitrogens with one attached hydrogen (secondary N) is 2. The zero-order valence-electron chi connectivity index (χ0n) is 14.5. The van der Waals surface area contributed by atoms with Crippen molar-refractivity contribution in [1.82, 2.24) is 20.5 Å². The van der Waals surface area contributed by atoms with Crippen LogP contribution in [0.4, 0.5) is 5.82 Å². The standard InChI is InChI=1S/C17H23N5O2/c1-10-8-13-14(11(2)24-10)20-21-15(13)17(23)19-9-12-6-5-7-18-16(12)22(3)4/h5-7,10-11H,8-9H2,1-4H3,(H,19,23)(H,20,21)/t10-,11+/m1/s1. The normalized spacial score (nSPS) is 19.7. The van der Waals surface area contributed by atoms with Gasteiger partial charge in [0.1, 0.15) is 5.82 Å². The van der Waals surface area contributed by atoms with Gasteiger partial charge in [-0.05, 0) is 19.9 Å². The minimum Gasteiger partial charge on any atom is -0.369 e. The first-order valence-electron chi connectivity index (χ1n) is 8.09. The van der Waals surface area contributed by atoms with Crippen molar-refractivity contribution in [3.05, 3.63) is 40.8 Å². The molecule has 0 saturated carbocycles. The van der Waals surface area contributed by atoms with E-state index in [-0.39, 0.29) is 18.1 Å². The summed E-state index contributed by atoms with van der Waals surface area (Å²) in [7, 11) is 3.86. The largest absolute Gasteiger partial charge is 0.369 e. The highest BCUT2D eigenvalue weighted by molar-refractivity contribution is 5.94. The summed E-state index contributed by atoms with van der Waals surface area (Å²) in [5, 5.41) is 10.1. The molecular formula is C17H23N5O2. The van der Waals surface area contributed by atoms with Gasteiger partial charge in [0, 0.05) is 44.4 Å². The molecular weight excluding hydrogens is 306 g/mol. The van der Waals surface area contributed by atoms with Crippen LogP contribution in [0.25, 0.3) is 0 Å². The number of rotatable bonds is 4. The lowest BCUT2D eigenvalue weighted by atomic mass is 9.99. The van der Waals surface area contributed by atoms with Crippen molar-refractivity contribution in [1.29, 1.82) is 0 Å². The fraction of sp³-hybridized carbons (Fsp3) is 0.471. The molecule has 7 heteroatoms. The molecule has 2 atom stereocenters. The molecule has 1 aliphatic heterocycles. The van der Waals surface area contributed by atoms with Gasteiger partial charge in [0.15, 0.2) is 5.69 Å². The molecule has 0 radical (unpaired) electrons. The Hall–Kier alpha value is -2.41. The average molecular weight is 329 g/mol. The van der Waals surface area contributed by atoms with Crippen molar-refractivity contribution in [3.8, 4) is 0 Å². The van der Waals surface area contributed by atoms with Crippen LogP contribution in [0.2, 0.25) is 0 Å². The van der Waals surface area contributed by atoms with E-state index in [2.05, 4.69) is 20.5 Å². The van der Waals surface area contributed by atoms with E-state index in [1.54, 1.807) is 6.20 Å². The van der Waals surface area contributed by atoms with Gasteiger partial charge in [-0.25, -0.2) is 4.98 Å². The maximum absolute atomic E-state index is 12.6. The summed E-state index contributed by atoms with van der Waals surface area (Å²) in [5.74, 6) is 0.667. The molecule has 2 N–H and O–H groups in total. The van der Waals surface area contributed by atoms with Crippen LogP contribution < -0.4 is 10.2 Å². The number of hydrogen-bond acceptors (Lipinski definition) is 5. The first-order chi connectivity index (χ1) is 11.5. The zero-order chi connectivity index (χ0) is 17.3. The van der Waals surface area contributed by atoms with Crippen molar-refractivity contribution >= 4 is 11.7 Å². The van der Waals surface area contributed by atoms with E-state index in [9.17, 15) is 4.79 Å². The van der Waals surface area contributed by atoms with Crippen LogP contribution in [0.3, 0.4) is 0 Å². The average Bonchev–Trinajstić information content (AvgIpc) is 2.97. The third-order valence-electron chi connectivity index (χ3n) is 4.18. The van der Waals surface area contributed by atoms with Crippen molar-refractivity contribution in [2.45, 2.75) is 39.0 Å². The topological polar surface area (TPSA) is 83.1 Å². The highest BCUT2D eigenvalue weighted by Crippen LogP contribution is 2.30. The molecule has 0 spiro atoms. The predicted molar refractivity (Wildman–Crippen MR) is 91.0 cm³/mol. The maximum atomic E-state index is 12.6. The lowest BCUT2D eigenvalue weighted by Crippen LogP contribution is -2.28. The van der Waals surface area contributed by atoms with Crippen LogP contribution >= 0.6 is 0 Å². The molecule has 3 heterocycles. The summed E-state index contributed by atoms with van der Waals surface area (Å²) in [6.07, 6.45) is 2.44. The number of ether oxygens (including phenoxy) is 1. The number of pyridine rings is 1. The third-order valence-corrected chi connectivity index (χ3v) is 4.18. The molecule has 2 aromatic heterocycles. The molecule has 7 nitrogen and oxygen atoms in total. The van der Waals surface area contributed by atoms with Gasteiger partial charge in [-0.15, -0.1) is 0 Å². The number of aromatic amines is 1. The second-order valence-electron chi connectivity index (χ2n) is 6.32. The van der Waals surface area contributed by atoms with Crippen molar-refractivity contribution in [3.63, 3.8) is 0 Å². The molecule has 1 aliphatic rings. The number of anilines is 1. The minimum absolute atomic E-state index is 0.0727. The van der Waals surface area contributed by atoms with Crippen molar-refractivity contribution in [2.24, 2.45) is 0 Å². The van der Waals surface area contributed by atoms with Crippen LogP contribution in [0.5, 0.6) is 0 Å². The number of nitrogens with zero attached hydrogens (tertiary/aromatic N) is 3. The smallest absolute Gasteiger partial charge is 0.272 e. The Balaban J connectivity index is 1.75. The van der Waals surface area contributed by atoms with Crippen LogP contribution in [0, 0.1) is 0 Å². The second kappa shape index (κ2) is 6.60. The molecule has 0 saturated heterocycles. The van der Waals surface area contributed by atoms with Crippen LogP contribution in [0.1, 0.15) is 47.3 Å². The van der Waals surface area contributed by atoms with Gasteiger partial charge in [0.2, 0.25) is 0 Å². The third kappa shape index (κ3) is 3.12. The van der Waals surface area contributed by atoms with E-state index in [0.717, 1.165) is 22.6 Å². The molecule has 128 valence electrons. The van der Waals surface area contributed by atoms with Crippen molar-refractivity contribution < 1.29 is 9.53 Å². The number of fused-ring (bicyclic) bond motifs is 1. The van der Waals surface area contributed by atoms with Gasteiger partial charge < -0.3 is 15.0 Å². The molecule has 3 rings (SSSR count). The zero-order valence-corrected chi connectivity index (χ0v) is 14.5. The van der Waals surface area contributed by atoms with Crippen LogP contribution in [-0.2, 0) is 17.7 Å². The maximum Gasteiger partial charge on any atom is 0.272 e. The number of carbonyl (C=O) groups excluding carboxylic acids is 1. The Morgan fingerprint density at radius 1 is 1.46 bits per heavy atom. The summed E-state index contributed by atoms with van der Waals surface area (Å²) in [6, 6.07) is 3.83. The summed E-state index contributed by atoms with van der Waals surface area (Å²) in [6.45, 7) is 4.38. The number of amides is 1. The highest BCUT2D eigenvalue weighted by atomic mass is 16.5. The Bertz CT molecular complexity index is 740. The van der Waals surface area contributed by atoms with Gasteiger partial charge in [-0.1, -0.05) is 6.07 Å². The minimum atomic E-state index is -0.178. The lowest BCUT2D eigenvalue weighted by Gasteiger charge is -2.25. The predicted octanol–water partition coefficient (Wildman–Crippen LogP) is 1.82. The van der Waals surface area contributed by atoms with E-state index in [1.165, 1.54) is 0 Å². The SMILES string of the molecule is C[C@@H]1Cc2c(C(=O)NCc3cccnc3N(C)C)n[nH]c2[C@H](C)O1. The summed E-state index contributed by atoms with van der Waals surface area (Å²) in [5.41, 5.74) is 3.28.